The summed E-state index contributed by atoms with van der Waals surface area (Å²) in [4.78, 5) is 29.8. The molecule has 0 aromatic heterocycles. The van der Waals surface area contributed by atoms with Gasteiger partial charge in [-0.3, -0.25) is 14.4 Å². The zero-order chi connectivity index (χ0) is 22.8. The third-order valence-corrected chi connectivity index (χ3v) is 5.76. The summed E-state index contributed by atoms with van der Waals surface area (Å²) in [6, 6.07) is 12.6. The van der Waals surface area contributed by atoms with Crippen molar-refractivity contribution in [3.63, 3.8) is 0 Å². The SMILES string of the molecule is COc1ccc(CON(CC2CCCCC2)C(=O)/C=C/c2ccc(C=O)cc2)c(OC)c1. The predicted octanol–water partition coefficient (Wildman–Crippen LogP) is 5.07. The Bertz CT molecular complexity index is 916. The topological polar surface area (TPSA) is 65.1 Å². The van der Waals surface area contributed by atoms with Crippen LogP contribution in [0.2, 0.25) is 0 Å². The van der Waals surface area contributed by atoms with Gasteiger partial charge in [-0.15, -0.1) is 0 Å². The molecular weight excluding hydrogens is 406 g/mol. The van der Waals surface area contributed by atoms with Gasteiger partial charge < -0.3 is 9.47 Å². The third-order valence-electron chi connectivity index (χ3n) is 5.76. The molecule has 0 spiro atoms. The molecule has 2 aromatic rings. The number of hydrogen-bond acceptors (Lipinski definition) is 5. The summed E-state index contributed by atoms with van der Waals surface area (Å²) >= 11 is 0. The van der Waals surface area contributed by atoms with Crippen LogP contribution in [0.4, 0.5) is 0 Å². The largest absolute Gasteiger partial charge is 0.497 e. The number of ether oxygens (including phenoxy) is 2. The minimum Gasteiger partial charge on any atom is -0.497 e. The van der Waals surface area contributed by atoms with Crippen LogP contribution in [0.15, 0.2) is 48.5 Å². The van der Waals surface area contributed by atoms with Crippen LogP contribution in [0.5, 0.6) is 11.5 Å². The van der Waals surface area contributed by atoms with E-state index in [2.05, 4.69) is 0 Å². The van der Waals surface area contributed by atoms with E-state index in [1.807, 2.05) is 24.3 Å². The number of benzene rings is 2. The van der Waals surface area contributed by atoms with Gasteiger partial charge in [0.1, 0.15) is 24.4 Å². The van der Waals surface area contributed by atoms with Gasteiger partial charge in [0.25, 0.3) is 5.91 Å². The Kier molecular flexibility index (Phi) is 8.87. The highest BCUT2D eigenvalue weighted by Gasteiger charge is 2.21. The van der Waals surface area contributed by atoms with E-state index in [1.165, 1.54) is 30.4 Å². The summed E-state index contributed by atoms with van der Waals surface area (Å²) in [5.74, 6) is 1.58. The molecule has 2 aromatic carbocycles. The van der Waals surface area contributed by atoms with Crippen molar-refractivity contribution in [3.8, 4) is 11.5 Å². The molecule has 1 aliphatic carbocycles. The van der Waals surface area contributed by atoms with Gasteiger partial charge in [0, 0.05) is 23.3 Å². The van der Waals surface area contributed by atoms with Gasteiger partial charge in [-0.25, -0.2) is 5.06 Å². The first-order valence-electron chi connectivity index (χ1n) is 11.0. The van der Waals surface area contributed by atoms with Gasteiger partial charge in [0.05, 0.1) is 20.8 Å². The minimum atomic E-state index is -0.206. The Hall–Kier alpha value is -3.12. The van der Waals surface area contributed by atoms with Gasteiger partial charge in [0.15, 0.2) is 0 Å². The number of hydroxylamine groups is 2. The van der Waals surface area contributed by atoms with Crippen molar-refractivity contribution < 1.29 is 23.9 Å². The second-order valence-electron chi connectivity index (χ2n) is 7.97. The maximum absolute atomic E-state index is 13.0. The molecule has 1 saturated carbocycles. The van der Waals surface area contributed by atoms with E-state index in [-0.39, 0.29) is 12.5 Å². The highest BCUT2D eigenvalue weighted by atomic mass is 16.7. The lowest BCUT2D eigenvalue weighted by molar-refractivity contribution is -0.190. The van der Waals surface area contributed by atoms with E-state index in [0.717, 1.165) is 30.3 Å². The summed E-state index contributed by atoms with van der Waals surface area (Å²) in [5.41, 5.74) is 2.28. The lowest BCUT2D eigenvalue weighted by Crippen LogP contribution is -2.35. The van der Waals surface area contributed by atoms with Crippen LogP contribution in [0.3, 0.4) is 0 Å². The average Bonchev–Trinajstić information content (AvgIpc) is 2.85. The molecular formula is C26H31NO5. The van der Waals surface area contributed by atoms with Gasteiger partial charge in [-0.2, -0.15) is 0 Å². The molecule has 6 nitrogen and oxygen atoms in total. The molecule has 0 atom stereocenters. The van der Waals surface area contributed by atoms with Crippen LogP contribution < -0.4 is 9.47 Å². The Balaban J connectivity index is 1.71. The molecule has 32 heavy (non-hydrogen) atoms. The summed E-state index contributed by atoms with van der Waals surface area (Å²) < 4.78 is 10.7. The molecule has 0 bridgehead atoms. The molecule has 0 heterocycles. The molecule has 1 aliphatic rings. The first-order chi connectivity index (χ1) is 15.6. The molecule has 0 N–H and O–H groups in total. The zero-order valence-electron chi connectivity index (χ0n) is 18.8. The van der Waals surface area contributed by atoms with Crippen molar-refractivity contribution in [1.29, 1.82) is 0 Å². The fourth-order valence-corrected chi connectivity index (χ4v) is 3.87. The van der Waals surface area contributed by atoms with Crippen molar-refractivity contribution in [2.24, 2.45) is 5.92 Å². The molecule has 0 radical (unpaired) electrons. The van der Waals surface area contributed by atoms with Gasteiger partial charge in [-0.05, 0) is 42.5 Å². The summed E-state index contributed by atoms with van der Waals surface area (Å²) in [6.07, 6.45) is 9.91. The second kappa shape index (κ2) is 12.1. The summed E-state index contributed by atoms with van der Waals surface area (Å²) in [5, 5.41) is 1.47. The fourth-order valence-electron chi connectivity index (χ4n) is 3.87. The Morgan fingerprint density at radius 2 is 1.72 bits per heavy atom. The van der Waals surface area contributed by atoms with Crippen LogP contribution in [-0.4, -0.2) is 38.0 Å². The predicted molar refractivity (Wildman–Crippen MR) is 123 cm³/mol. The normalized spacial score (nSPS) is 14.3. The van der Waals surface area contributed by atoms with Crippen molar-refractivity contribution in [1.82, 2.24) is 5.06 Å². The molecule has 0 aliphatic heterocycles. The smallest absolute Gasteiger partial charge is 0.270 e. The number of amides is 1. The standard InChI is InChI=1S/C26H31NO5/c1-30-24-14-13-23(25(16-24)31-2)19-32-27(17-21-6-4-3-5-7-21)26(29)15-12-20-8-10-22(18-28)11-9-20/h8-16,18,21H,3-7,17,19H2,1-2H3/b15-12+. The Labute approximate surface area is 189 Å². The molecule has 170 valence electrons. The van der Waals surface area contributed by atoms with Crippen LogP contribution in [0.25, 0.3) is 6.08 Å². The first-order valence-corrected chi connectivity index (χ1v) is 11.0. The maximum Gasteiger partial charge on any atom is 0.270 e. The number of hydrogen-bond donors (Lipinski definition) is 0. The molecule has 6 heteroatoms. The minimum absolute atomic E-state index is 0.206. The van der Waals surface area contributed by atoms with E-state index >= 15 is 0 Å². The summed E-state index contributed by atoms with van der Waals surface area (Å²) in [6.45, 7) is 0.777. The number of carbonyl (C=O) groups is 2. The van der Waals surface area contributed by atoms with E-state index < -0.39 is 0 Å². The monoisotopic (exact) mass is 437 g/mol. The summed E-state index contributed by atoms with van der Waals surface area (Å²) in [7, 11) is 3.20. The molecule has 0 saturated heterocycles. The van der Waals surface area contributed by atoms with Gasteiger partial charge >= 0.3 is 0 Å². The van der Waals surface area contributed by atoms with E-state index in [4.69, 9.17) is 14.3 Å². The van der Waals surface area contributed by atoms with E-state index in [0.29, 0.717) is 29.5 Å². The molecule has 0 unspecified atom stereocenters. The van der Waals surface area contributed by atoms with Gasteiger partial charge in [-0.1, -0.05) is 43.5 Å². The number of carbonyl (C=O) groups excluding carboxylic acids is 2. The number of methoxy groups -OCH3 is 2. The second-order valence-corrected chi connectivity index (χ2v) is 7.97. The number of rotatable bonds is 10. The Morgan fingerprint density at radius 3 is 2.38 bits per heavy atom. The van der Waals surface area contributed by atoms with Crippen molar-refractivity contribution in [2.45, 2.75) is 38.7 Å². The van der Waals surface area contributed by atoms with E-state index in [9.17, 15) is 9.59 Å². The van der Waals surface area contributed by atoms with Gasteiger partial charge in [0.2, 0.25) is 0 Å². The Morgan fingerprint density at radius 1 is 1.00 bits per heavy atom. The quantitative estimate of drug-likeness (QED) is 0.295. The maximum atomic E-state index is 13.0. The van der Waals surface area contributed by atoms with Crippen LogP contribution in [-0.2, 0) is 16.2 Å². The highest BCUT2D eigenvalue weighted by Crippen LogP contribution is 2.27. The van der Waals surface area contributed by atoms with Crippen molar-refractivity contribution >= 4 is 18.3 Å². The molecule has 1 fully saturated rings. The lowest BCUT2D eigenvalue weighted by Gasteiger charge is -2.28. The van der Waals surface area contributed by atoms with E-state index in [1.54, 1.807) is 38.5 Å². The van der Waals surface area contributed by atoms with Crippen LogP contribution >= 0.6 is 0 Å². The number of nitrogens with zero attached hydrogens (tertiary/aromatic N) is 1. The fraction of sp³-hybridized carbons (Fsp3) is 0.385. The third kappa shape index (κ3) is 6.69. The lowest BCUT2D eigenvalue weighted by atomic mass is 9.89. The average molecular weight is 438 g/mol. The number of aldehydes is 1. The van der Waals surface area contributed by atoms with Crippen molar-refractivity contribution in [3.05, 3.63) is 65.2 Å². The van der Waals surface area contributed by atoms with Crippen LogP contribution in [0, 0.1) is 5.92 Å². The first kappa shape index (κ1) is 23.5. The highest BCUT2D eigenvalue weighted by molar-refractivity contribution is 5.91. The zero-order valence-corrected chi connectivity index (χ0v) is 18.8. The van der Waals surface area contributed by atoms with Crippen LogP contribution in [0.1, 0.15) is 53.6 Å². The van der Waals surface area contributed by atoms with Crippen molar-refractivity contribution in [2.75, 3.05) is 20.8 Å². The molecule has 3 rings (SSSR count). The molecule has 1 amide bonds.